The number of carbonyl (C=O) groups excluding carboxylic acids is 2. The topological polar surface area (TPSA) is 60.3 Å². The second kappa shape index (κ2) is 3.90. The molecule has 65 valence electrons. The standard InChI is InChI=1S/C8H11N2O2/c1-2-3-4-6-5-7(11)10-8(12)9-6/h5H,2-4H2,1H3,(H,9,12). The van der Waals surface area contributed by atoms with E-state index in [1.165, 1.54) is 6.08 Å². The molecule has 0 saturated heterocycles. The number of nitrogens with zero attached hydrogens (tertiary/aromatic N) is 1. The highest BCUT2D eigenvalue weighted by Crippen LogP contribution is 2.06. The van der Waals surface area contributed by atoms with Crippen LogP contribution in [0.3, 0.4) is 0 Å². The summed E-state index contributed by atoms with van der Waals surface area (Å²) in [6.07, 6.45) is 4.12. The molecule has 1 radical (unpaired) electrons. The van der Waals surface area contributed by atoms with Gasteiger partial charge in [0, 0.05) is 11.8 Å². The molecule has 0 saturated carbocycles. The van der Waals surface area contributed by atoms with Crippen molar-refractivity contribution in [1.82, 2.24) is 10.6 Å². The van der Waals surface area contributed by atoms with Crippen molar-refractivity contribution in [2.75, 3.05) is 0 Å². The summed E-state index contributed by atoms with van der Waals surface area (Å²) in [5.74, 6) is -0.454. The Labute approximate surface area is 71.0 Å². The van der Waals surface area contributed by atoms with Gasteiger partial charge in [-0.05, 0) is 12.8 Å². The Kier molecular flexibility index (Phi) is 2.85. The summed E-state index contributed by atoms with van der Waals surface area (Å²) in [5, 5.41) is 5.69. The van der Waals surface area contributed by atoms with Crippen LogP contribution in [0.1, 0.15) is 26.2 Å². The Morgan fingerprint density at radius 3 is 2.83 bits per heavy atom. The number of amides is 3. The normalized spacial score (nSPS) is 16.6. The van der Waals surface area contributed by atoms with Gasteiger partial charge in [-0.15, -0.1) is 0 Å². The number of unbranched alkanes of at least 4 members (excludes halogenated alkanes) is 1. The van der Waals surface area contributed by atoms with Crippen LogP contribution in [0.2, 0.25) is 0 Å². The summed E-state index contributed by atoms with van der Waals surface area (Å²) < 4.78 is 0. The van der Waals surface area contributed by atoms with Crippen molar-refractivity contribution in [3.8, 4) is 0 Å². The minimum absolute atomic E-state index is 0.454. The first-order valence-electron chi connectivity index (χ1n) is 3.99. The van der Waals surface area contributed by atoms with E-state index >= 15 is 0 Å². The highest BCUT2D eigenvalue weighted by atomic mass is 16.2. The van der Waals surface area contributed by atoms with Crippen LogP contribution >= 0.6 is 0 Å². The largest absolute Gasteiger partial charge is 0.348 e. The Hall–Kier alpha value is -1.32. The Balaban J connectivity index is 2.52. The van der Waals surface area contributed by atoms with Gasteiger partial charge in [0.05, 0.1) is 0 Å². The van der Waals surface area contributed by atoms with Crippen molar-refractivity contribution in [2.45, 2.75) is 26.2 Å². The van der Waals surface area contributed by atoms with Gasteiger partial charge in [-0.3, -0.25) is 4.79 Å². The van der Waals surface area contributed by atoms with Crippen molar-refractivity contribution in [2.24, 2.45) is 0 Å². The van der Waals surface area contributed by atoms with E-state index in [1.807, 2.05) is 0 Å². The summed E-state index contributed by atoms with van der Waals surface area (Å²) in [6.45, 7) is 2.05. The van der Waals surface area contributed by atoms with Gasteiger partial charge < -0.3 is 5.32 Å². The Morgan fingerprint density at radius 1 is 1.50 bits per heavy atom. The molecule has 3 amide bonds. The van der Waals surface area contributed by atoms with E-state index in [4.69, 9.17) is 0 Å². The van der Waals surface area contributed by atoms with Gasteiger partial charge in [0.25, 0.3) is 5.91 Å². The fourth-order valence-electron chi connectivity index (χ4n) is 0.985. The van der Waals surface area contributed by atoms with Crippen LogP contribution in [-0.4, -0.2) is 11.9 Å². The SMILES string of the molecule is CCCCC1=CC(=O)[N]C(=O)N1. The summed E-state index contributed by atoms with van der Waals surface area (Å²) >= 11 is 0. The van der Waals surface area contributed by atoms with Gasteiger partial charge in [-0.25, -0.2) is 4.79 Å². The van der Waals surface area contributed by atoms with Crippen LogP contribution in [0.5, 0.6) is 0 Å². The zero-order valence-electron chi connectivity index (χ0n) is 6.96. The van der Waals surface area contributed by atoms with Crippen molar-refractivity contribution < 1.29 is 9.59 Å². The lowest BCUT2D eigenvalue weighted by Crippen LogP contribution is -2.37. The predicted molar refractivity (Wildman–Crippen MR) is 43.3 cm³/mol. The number of urea groups is 1. The fraction of sp³-hybridized carbons (Fsp3) is 0.500. The predicted octanol–water partition coefficient (Wildman–Crippen LogP) is 0.915. The molecule has 12 heavy (non-hydrogen) atoms. The smallest absolute Gasteiger partial charge is 0.310 e. The van der Waals surface area contributed by atoms with Crippen molar-refractivity contribution >= 4 is 11.9 Å². The van der Waals surface area contributed by atoms with Gasteiger partial charge in [-0.1, -0.05) is 13.3 Å². The molecule has 0 fully saturated rings. The van der Waals surface area contributed by atoms with E-state index in [0.717, 1.165) is 19.3 Å². The Morgan fingerprint density at radius 2 is 2.25 bits per heavy atom. The molecule has 0 aliphatic carbocycles. The minimum Gasteiger partial charge on any atom is -0.310 e. The highest BCUT2D eigenvalue weighted by Gasteiger charge is 2.16. The minimum atomic E-state index is -0.548. The van der Waals surface area contributed by atoms with Crippen molar-refractivity contribution in [1.29, 1.82) is 0 Å². The first-order chi connectivity index (χ1) is 5.72. The number of allylic oxidation sites excluding steroid dienone is 1. The fourth-order valence-corrected chi connectivity index (χ4v) is 0.985. The lowest BCUT2D eigenvalue weighted by molar-refractivity contribution is -0.116. The molecule has 4 heteroatoms. The lowest BCUT2D eigenvalue weighted by atomic mass is 10.2. The Bertz CT molecular complexity index is 233. The quantitative estimate of drug-likeness (QED) is 0.679. The number of hydrogen-bond donors (Lipinski definition) is 1. The van der Waals surface area contributed by atoms with E-state index < -0.39 is 11.9 Å². The maximum Gasteiger partial charge on any atom is 0.348 e. The van der Waals surface area contributed by atoms with Crippen molar-refractivity contribution in [3.63, 3.8) is 0 Å². The average Bonchev–Trinajstić information content (AvgIpc) is 1.99. The third-order valence-electron chi connectivity index (χ3n) is 1.58. The van der Waals surface area contributed by atoms with E-state index in [1.54, 1.807) is 0 Å². The van der Waals surface area contributed by atoms with Crippen LogP contribution in [0.15, 0.2) is 11.8 Å². The average molecular weight is 167 g/mol. The van der Waals surface area contributed by atoms with E-state index in [-0.39, 0.29) is 0 Å². The van der Waals surface area contributed by atoms with Gasteiger partial charge in [0.1, 0.15) is 0 Å². The molecule has 1 aliphatic heterocycles. The van der Waals surface area contributed by atoms with Crippen LogP contribution in [-0.2, 0) is 4.79 Å². The number of carbonyl (C=O) groups is 2. The monoisotopic (exact) mass is 167 g/mol. The number of nitrogens with one attached hydrogen (secondary N) is 1. The summed E-state index contributed by atoms with van der Waals surface area (Å²) in [6, 6.07) is -0.548. The molecule has 1 N–H and O–H groups in total. The van der Waals surface area contributed by atoms with Gasteiger partial charge in [0.2, 0.25) is 0 Å². The molecule has 0 aromatic rings. The molecule has 0 spiro atoms. The zero-order valence-corrected chi connectivity index (χ0v) is 6.96. The van der Waals surface area contributed by atoms with Crippen LogP contribution in [0.4, 0.5) is 4.79 Å². The molecule has 1 rings (SSSR count). The van der Waals surface area contributed by atoms with Gasteiger partial charge in [-0.2, -0.15) is 5.32 Å². The third-order valence-corrected chi connectivity index (χ3v) is 1.58. The van der Waals surface area contributed by atoms with Gasteiger partial charge >= 0.3 is 6.03 Å². The first kappa shape index (κ1) is 8.77. The molecular weight excluding hydrogens is 156 g/mol. The maximum atomic E-state index is 10.7. The first-order valence-corrected chi connectivity index (χ1v) is 3.99. The lowest BCUT2D eigenvalue weighted by Gasteiger charge is -2.11. The molecule has 0 bridgehead atoms. The highest BCUT2D eigenvalue weighted by molar-refractivity contribution is 6.03. The van der Waals surface area contributed by atoms with E-state index in [9.17, 15) is 9.59 Å². The van der Waals surface area contributed by atoms with Crippen LogP contribution in [0.25, 0.3) is 0 Å². The van der Waals surface area contributed by atoms with Crippen LogP contribution < -0.4 is 10.6 Å². The molecule has 1 heterocycles. The molecule has 0 aromatic carbocycles. The number of rotatable bonds is 3. The third kappa shape index (κ3) is 2.38. The summed E-state index contributed by atoms with van der Waals surface area (Å²) in [4.78, 5) is 21.5. The molecule has 0 unspecified atom stereocenters. The maximum absolute atomic E-state index is 10.7. The molecule has 1 aliphatic rings. The van der Waals surface area contributed by atoms with Gasteiger partial charge in [0.15, 0.2) is 0 Å². The summed E-state index contributed by atoms with van der Waals surface area (Å²) in [5.41, 5.74) is 0.682. The second-order valence-electron chi connectivity index (χ2n) is 2.65. The number of hydrogen-bond acceptors (Lipinski definition) is 2. The molecular formula is C8H11N2O2. The van der Waals surface area contributed by atoms with E-state index in [2.05, 4.69) is 17.6 Å². The summed E-state index contributed by atoms with van der Waals surface area (Å²) in [7, 11) is 0. The van der Waals surface area contributed by atoms with Crippen molar-refractivity contribution in [3.05, 3.63) is 11.8 Å². The van der Waals surface area contributed by atoms with Crippen LogP contribution in [0, 0.1) is 0 Å². The molecule has 0 aromatic heterocycles. The number of imide groups is 1. The van der Waals surface area contributed by atoms with E-state index in [0.29, 0.717) is 5.70 Å². The molecule has 0 atom stereocenters. The second-order valence-corrected chi connectivity index (χ2v) is 2.65. The molecule has 4 nitrogen and oxygen atoms in total. The zero-order chi connectivity index (χ0) is 8.97.